The Bertz CT molecular complexity index is 164. The number of halogens is 1. The Kier molecular flexibility index (Phi) is 5.92. The fraction of sp³-hybridized carbons (Fsp3) is 0.900. The third-order valence-electron chi connectivity index (χ3n) is 2.48. The van der Waals surface area contributed by atoms with Crippen molar-refractivity contribution >= 4 is 28.6 Å². The second-order valence-corrected chi connectivity index (χ2v) is 5.13. The molecule has 0 saturated heterocycles. The molecule has 0 unspecified atom stereocenters. The molecule has 0 atom stereocenters. The molecular formula is C10H19IO2. The van der Waals surface area contributed by atoms with E-state index in [0.717, 1.165) is 10.8 Å². The number of carbonyl (C=O) groups excluding carboxylic acids is 1. The molecule has 3 heteroatoms. The van der Waals surface area contributed by atoms with E-state index in [-0.39, 0.29) is 11.4 Å². The topological polar surface area (TPSA) is 26.3 Å². The van der Waals surface area contributed by atoms with Crippen LogP contribution in [0.4, 0.5) is 0 Å². The van der Waals surface area contributed by atoms with E-state index in [0.29, 0.717) is 12.5 Å². The number of rotatable bonds is 5. The minimum absolute atomic E-state index is 0.0765. The van der Waals surface area contributed by atoms with E-state index in [1.807, 2.05) is 27.7 Å². The first kappa shape index (κ1) is 13.2. The van der Waals surface area contributed by atoms with Gasteiger partial charge in [-0.2, -0.15) is 0 Å². The summed E-state index contributed by atoms with van der Waals surface area (Å²) in [7, 11) is 0. The van der Waals surface area contributed by atoms with Gasteiger partial charge in [-0.25, -0.2) is 0 Å². The molecule has 0 saturated carbocycles. The first-order valence-electron chi connectivity index (χ1n) is 4.66. The molecule has 0 aromatic heterocycles. The van der Waals surface area contributed by atoms with Gasteiger partial charge in [0.05, 0.1) is 12.0 Å². The van der Waals surface area contributed by atoms with Crippen LogP contribution in [0.25, 0.3) is 0 Å². The highest BCUT2D eigenvalue weighted by Gasteiger charge is 2.32. The molecule has 0 aliphatic heterocycles. The monoisotopic (exact) mass is 298 g/mol. The third-order valence-corrected chi connectivity index (χ3v) is 3.24. The van der Waals surface area contributed by atoms with Gasteiger partial charge in [0.25, 0.3) is 0 Å². The van der Waals surface area contributed by atoms with Crippen molar-refractivity contribution in [3.8, 4) is 0 Å². The number of esters is 1. The number of hydrogen-bond acceptors (Lipinski definition) is 2. The second kappa shape index (κ2) is 5.83. The first-order valence-corrected chi connectivity index (χ1v) is 6.18. The van der Waals surface area contributed by atoms with Gasteiger partial charge in [0.2, 0.25) is 0 Å². The van der Waals surface area contributed by atoms with E-state index in [2.05, 4.69) is 22.6 Å². The summed E-state index contributed by atoms with van der Waals surface area (Å²) in [5.74, 6) is 0.243. The molecule has 0 aliphatic rings. The van der Waals surface area contributed by atoms with Crippen molar-refractivity contribution < 1.29 is 9.53 Å². The number of alkyl halides is 1. The summed E-state index contributed by atoms with van der Waals surface area (Å²) in [5, 5.41) is 0. The molecule has 0 aliphatic carbocycles. The van der Waals surface area contributed by atoms with Crippen LogP contribution in [-0.4, -0.2) is 17.0 Å². The molecule has 0 fully saturated rings. The summed E-state index contributed by atoms with van der Waals surface area (Å²) in [5.41, 5.74) is -0.356. The highest BCUT2D eigenvalue weighted by atomic mass is 127. The molecule has 0 heterocycles. The first-order chi connectivity index (χ1) is 5.92. The van der Waals surface area contributed by atoms with E-state index >= 15 is 0 Å². The van der Waals surface area contributed by atoms with E-state index in [1.165, 1.54) is 0 Å². The Morgan fingerprint density at radius 2 is 2.00 bits per heavy atom. The zero-order chi connectivity index (χ0) is 10.5. The van der Waals surface area contributed by atoms with Gasteiger partial charge in [-0.05, 0) is 26.2 Å². The average molecular weight is 298 g/mol. The SMILES string of the molecule is CC(C)C(C)(C)C(=O)OCCCI. The Balaban J connectivity index is 3.95. The maximum absolute atomic E-state index is 11.6. The maximum atomic E-state index is 11.6. The molecule has 0 bridgehead atoms. The van der Waals surface area contributed by atoms with E-state index in [9.17, 15) is 4.79 Å². The molecule has 0 radical (unpaired) electrons. The number of carbonyl (C=O) groups is 1. The summed E-state index contributed by atoms with van der Waals surface area (Å²) in [6.07, 6.45) is 0.945. The van der Waals surface area contributed by atoms with Gasteiger partial charge in [-0.3, -0.25) is 4.79 Å². The van der Waals surface area contributed by atoms with Crippen LogP contribution in [-0.2, 0) is 9.53 Å². The fourth-order valence-corrected chi connectivity index (χ4v) is 0.953. The van der Waals surface area contributed by atoms with Crippen molar-refractivity contribution in [1.82, 2.24) is 0 Å². The Morgan fingerprint density at radius 1 is 1.46 bits per heavy atom. The zero-order valence-electron chi connectivity index (χ0n) is 8.89. The zero-order valence-corrected chi connectivity index (χ0v) is 11.1. The quantitative estimate of drug-likeness (QED) is 0.337. The third kappa shape index (κ3) is 4.29. The van der Waals surface area contributed by atoms with Gasteiger partial charge in [-0.1, -0.05) is 36.4 Å². The van der Waals surface area contributed by atoms with Crippen LogP contribution in [0.1, 0.15) is 34.1 Å². The molecular weight excluding hydrogens is 279 g/mol. The second-order valence-electron chi connectivity index (χ2n) is 4.05. The summed E-state index contributed by atoms with van der Waals surface area (Å²) in [4.78, 5) is 11.6. The standard InChI is InChI=1S/C10H19IO2/c1-8(2)10(3,4)9(12)13-7-5-6-11/h8H,5-7H2,1-4H3. The molecule has 78 valence electrons. The highest BCUT2D eigenvalue weighted by molar-refractivity contribution is 14.1. The van der Waals surface area contributed by atoms with Gasteiger partial charge in [0.1, 0.15) is 0 Å². The van der Waals surface area contributed by atoms with Gasteiger partial charge in [0.15, 0.2) is 0 Å². The van der Waals surface area contributed by atoms with Crippen molar-refractivity contribution in [2.24, 2.45) is 11.3 Å². The number of ether oxygens (including phenoxy) is 1. The predicted octanol–water partition coefficient (Wildman–Crippen LogP) is 3.04. The van der Waals surface area contributed by atoms with E-state index < -0.39 is 0 Å². The van der Waals surface area contributed by atoms with Crippen LogP contribution < -0.4 is 0 Å². The molecule has 0 N–H and O–H groups in total. The highest BCUT2D eigenvalue weighted by Crippen LogP contribution is 2.27. The molecule has 0 spiro atoms. The van der Waals surface area contributed by atoms with Crippen LogP contribution in [0.15, 0.2) is 0 Å². The summed E-state index contributed by atoms with van der Waals surface area (Å²) in [6, 6.07) is 0. The van der Waals surface area contributed by atoms with Crippen molar-refractivity contribution in [3.63, 3.8) is 0 Å². The molecule has 0 aromatic carbocycles. The normalized spacial score (nSPS) is 11.8. The van der Waals surface area contributed by atoms with Crippen LogP contribution in [0.2, 0.25) is 0 Å². The fourth-order valence-electron chi connectivity index (χ4n) is 0.641. The van der Waals surface area contributed by atoms with Gasteiger partial charge >= 0.3 is 5.97 Å². The van der Waals surface area contributed by atoms with Crippen LogP contribution in [0.3, 0.4) is 0 Å². The van der Waals surface area contributed by atoms with Crippen molar-refractivity contribution in [2.45, 2.75) is 34.1 Å². The lowest BCUT2D eigenvalue weighted by Gasteiger charge is -2.26. The van der Waals surface area contributed by atoms with E-state index in [1.54, 1.807) is 0 Å². The lowest BCUT2D eigenvalue weighted by atomic mass is 9.81. The minimum Gasteiger partial charge on any atom is -0.465 e. The average Bonchev–Trinajstić information content (AvgIpc) is 2.04. The maximum Gasteiger partial charge on any atom is 0.311 e. The van der Waals surface area contributed by atoms with Crippen molar-refractivity contribution in [2.75, 3.05) is 11.0 Å². The van der Waals surface area contributed by atoms with Gasteiger partial charge in [0, 0.05) is 4.43 Å². The Labute approximate surface area is 94.6 Å². The van der Waals surface area contributed by atoms with Crippen molar-refractivity contribution in [1.29, 1.82) is 0 Å². The number of hydrogen-bond donors (Lipinski definition) is 0. The summed E-state index contributed by atoms with van der Waals surface area (Å²) >= 11 is 2.28. The molecule has 0 rings (SSSR count). The van der Waals surface area contributed by atoms with E-state index in [4.69, 9.17) is 4.74 Å². The smallest absolute Gasteiger partial charge is 0.311 e. The lowest BCUT2D eigenvalue weighted by Crippen LogP contribution is -2.32. The summed E-state index contributed by atoms with van der Waals surface area (Å²) in [6.45, 7) is 8.51. The summed E-state index contributed by atoms with van der Waals surface area (Å²) < 4.78 is 6.20. The molecule has 0 amide bonds. The van der Waals surface area contributed by atoms with Gasteiger partial charge in [-0.15, -0.1) is 0 Å². The van der Waals surface area contributed by atoms with Crippen molar-refractivity contribution in [3.05, 3.63) is 0 Å². The molecule has 0 aromatic rings. The van der Waals surface area contributed by atoms with Crippen LogP contribution in [0.5, 0.6) is 0 Å². The minimum atomic E-state index is -0.356. The predicted molar refractivity (Wildman–Crippen MR) is 63.1 cm³/mol. The van der Waals surface area contributed by atoms with Gasteiger partial charge < -0.3 is 4.74 Å². The molecule has 2 nitrogen and oxygen atoms in total. The molecule has 13 heavy (non-hydrogen) atoms. The van der Waals surface area contributed by atoms with Crippen LogP contribution >= 0.6 is 22.6 Å². The lowest BCUT2D eigenvalue weighted by molar-refractivity contribution is -0.156. The van der Waals surface area contributed by atoms with Crippen LogP contribution in [0, 0.1) is 11.3 Å². The Hall–Kier alpha value is 0.200. The largest absolute Gasteiger partial charge is 0.465 e. The Morgan fingerprint density at radius 3 is 2.38 bits per heavy atom.